The van der Waals surface area contributed by atoms with Gasteiger partial charge in [0.25, 0.3) is 0 Å². The highest BCUT2D eigenvalue weighted by molar-refractivity contribution is 5.68. The van der Waals surface area contributed by atoms with E-state index in [0.29, 0.717) is 11.1 Å². The smallest absolute Gasteiger partial charge is 0.279 e. The van der Waals surface area contributed by atoms with Crippen molar-refractivity contribution in [3.63, 3.8) is 0 Å². The first-order valence-electron chi connectivity index (χ1n) is 12.7. The maximum atomic E-state index is 14.3. The third-order valence-electron chi connectivity index (χ3n) is 7.02. The Bertz CT molecular complexity index is 1790. The first-order valence-corrected chi connectivity index (χ1v) is 12.7. The van der Waals surface area contributed by atoms with E-state index >= 15 is 0 Å². The van der Waals surface area contributed by atoms with Crippen LogP contribution in [0.5, 0.6) is 0 Å². The molecule has 5 aromatic rings. The summed E-state index contributed by atoms with van der Waals surface area (Å²) in [6, 6.07) is 22.7. The molecule has 9 nitrogen and oxygen atoms in total. The molecule has 0 fully saturated rings. The van der Waals surface area contributed by atoms with E-state index < -0.39 is 39.8 Å². The van der Waals surface area contributed by atoms with E-state index in [9.17, 15) is 24.1 Å². The molecule has 0 amide bonds. The highest BCUT2D eigenvalue weighted by Gasteiger charge is 2.33. The average molecular weight is 540 g/mol. The molecule has 0 aliphatic carbocycles. The van der Waals surface area contributed by atoms with Gasteiger partial charge < -0.3 is 0 Å². The van der Waals surface area contributed by atoms with E-state index in [2.05, 4.69) is 5.10 Å². The van der Waals surface area contributed by atoms with E-state index in [-0.39, 0.29) is 17.8 Å². The van der Waals surface area contributed by atoms with Crippen LogP contribution in [0.4, 0.5) is 10.1 Å². The van der Waals surface area contributed by atoms with Crippen LogP contribution < -0.4 is 11.2 Å². The lowest BCUT2D eigenvalue weighted by Crippen LogP contribution is -2.44. The van der Waals surface area contributed by atoms with E-state index in [0.717, 1.165) is 10.1 Å². The fraction of sp³-hybridized carbons (Fsp3) is 0.167. The van der Waals surface area contributed by atoms with Crippen LogP contribution in [0.15, 0.2) is 107 Å². The van der Waals surface area contributed by atoms with Crippen LogP contribution in [0.1, 0.15) is 42.6 Å². The molecule has 10 heteroatoms. The molecule has 3 aromatic carbocycles. The van der Waals surface area contributed by atoms with Crippen LogP contribution in [0.25, 0.3) is 11.3 Å². The van der Waals surface area contributed by atoms with Crippen molar-refractivity contribution < 1.29 is 9.31 Å². The molecule has 0 bridgehead atoms. The van der Waals surface area contributed by atoms with Gasteiger partial charge in [-0.05, 0) is 31.0 Å². The molecule has 2 heterocycles. The molecule has 0 saturated heterocycles. The number of nitrogens with zero attached hydrogens (tertiary/aromatic N) is 5. The van der Waals surface area contributed by atoms with Crippen molar-refractivity contribution in [3.8, 4) is 11.3 Å². The molecule has 5 rings (SSSR count). The summed E-state index contributed by atoms with van der Waals surface area (Å²) in [5, 5.41) is 16.8. The zero-order valence-electron chi connectivity index (χ0n) is 21.8. The van der Waals surface area contributed by atoms with Gasteiger partial charge in [-0.15, -0.1) is 0 Å². The number of benzene rings is 3. The highest BCUT2D eigenvalue weighted by Crippen LogP contribution is 2.31. The Morgan fingerprint density at radius 2 is 1.40 bits per heavy atom. The number of halogens is 1. The molecule has 2 atom stereocenters. The van der Waals surface area contributed by atoms with Gasteiger partial charge in [-0.3, -0.25) is 24.2 Å². The standard InChI is InChI=1S/C30H26FN5O4/c1-20(22-11-5-3-6-12-22)34-27(25-17-32-33(19-25)18-24-15-9-10-16-26(24)31)28(36(39)40)29(37)35(30(34)38)21(2)23-13-7-4-8-14-23/h3-17,19-21H,18H2,1-2H3. The van der Waals surface area contributed by atoms with E-state index in [4.69, 9.17) is 0 Å². The molecule has 0 N–H and O–H groups in total. The summed E-state index contributed by atoms with van der Waals surface area (Å²) in [6.45, 7) is 3.46. The van der Waals surface area contributed by atoms with E-state index in [1.165, 1.54) is 27.7 Å². The molecule has 2 unspecified atom stereocenters. The summed E-state index contributed by atoms with van der Waals surface area (Å²) >= 11 is 0. The topological polar surface area (TPSA) is 105 Å². The van der Waals surface area contributed by atoms with Gasteiger partial charge >= 0.3 is 16.9 Å². The predicted molar refractivity (Wildman–Crippen MR) is 149 cm³/mol. The van der Waals surface area contributed by atoms with Crippen molar-refractivity contribution in [1.82, 2.24) is 18.9 Å². The van der Waals surface area contributed by atoms with Crippen molar-refractivity contribution >= 4 is 5.69 Å². The second kappa shape index (κ2) is 10.9. The molecule has 0 saturated carbocycles. The average Bonchev–Trinajstić information content (AvgIpc) is 3.42. The highest BCUT2D eigenvalue weighted by atomic mass is 19.1. The Balaban J connectivity index is 1.77. The Morgan fingerprint density at radius 3 is 1.98 bits per heavy atom. The van der Waals surface area contributed by atoms with Crippen LogP contribution in [-0.2, 0) is 6.54 Å². The molecule has 202 valence electrons. The summed E-state index contributed by atoms with van der Waals surface area (Å²) in [4.78, 5) is 39.6. The summed E-state index contributed by atoms with van der Waals surface area (Å²) in [5.41, 5.74) is -0.673. The Morgan fingerprint density at radius 1 is 0.850 bits per heavy atom. The fourth-order valence-electron chi connectivity index (χ4n) is 4.90. The minimum atomic E-state index is -1.01. The molecular formula is C30H26FN5O4. The van der Waals surface area contributed by atoms with Gasteiger partial charge in [0.2, 0.25) is 0 Å². The number of aromatic nitrogens is 4. The van der Waals surface area contributed by atoms with Crippen LogP contribution in [0, 0.1) is 15.9 Å². The maximum absolute atomic E-state index is 14.3. The van der Waals surface area contributed by atoms with Crippen molar-refractivity contribution in [2.24, 2.45) is 0 Å². The van der Waals surface area contributed by atoms with Crippen LogP contribution in [0.2, 0.25) is 0 Å². The lowest BCUT2D eigenvalue weighted by atomic mass is 10.1. The van der Waals surface area contributed by atoms with Crippen LogP contribution >= 0.6 is 0 Å². The van der Waals surface area contributed by atoms with Crippen LogP contribution in [0.3, 0.4) is 0 Å². The Labute approximate surface area is 228 Å². The van der Waals surface area contributed by atoms with Crippen molar-refractivity contribution in [1.29, 1.82) is 0 Å². The summed E-state index contributed by atoms with van der Waals surface area (Å²) < 4.78 is 17.9. The van der Waals surface area contributed by atoms with Gasteiger partial charge in [-0.1, -0.05) is 78.9 Å². The third kappa shape index (κ3) is 4.86. The van der Waals surface area contributed by atoms with Crippen molar-refractivity contribution in [3.05, 3.63) is 151 Å². The Hall–Kier alpha value is -5.12. The lowest BCUT2D eigenvalue weighted by molar-refractivity contribution is -0.386. The molecule has 0 aliphatic rings. The quantitative estimate of drug-likeness (QED) is 0.199. The minimum absolute atomic E-state index is 0.0566. The van der Waals surface area contributed by atoms with Gasteiger partial charge in [-0.2, -0.15) is 5.10 Å². The van der Waals surface area contributed by atoms with Crippen LogP contribution in [-0.4, -0.2) is 23.8 Å². The van der Waals surface area contributed by atoms with Gasteiger partial charge in [0.15, 0.2) is 0 Å². The summed E-state index contributed by atoms with van der Waals surface area (Å²) in [7, 11) is 0. The van der Waals surface area contributed by atoms with E-state index in [1.54, 1.807) is 74.5 Å². The third-order valence-corrected chi connectivity index (χ3v) is 7.02. The SMILES string of the molecule is CC(c1ccccc1)n1c(-c2cnn(Cc3ccccc3F)c2)c([N+](=O)[O-])c(=O)n(C(C)c2ccccc2)c1=O. The molecule has 0 spiro atoms. The fourth-order valence-corrected chi connectivity index (χ4v) is 4.90. The lowest BCUT2D eigenvalue weighted by Gasteiger charge is -2.23. The monoisotopic (exact) mass is 539 g/mol. The summed E-state index contributed by atoms with van der Waals surface area (Å²) in [6.07, 6.45) is 2.83. The molecule has 2 aromatic heterocycles. The van der Waals surface area contributed by atoms with Gasteiger partial charge in [0, 0.05) is 17.3 Å². The second-order valence-corrected chi connectivity index (χ2v) is 9.47. The van der Waals surface area contributed by atoms with Gasteiger partial charge in [0.1, 0.15) is 11.5 Å². The molecule has 0 aliphatic heterocycles. The molecule has 0 radical (unpaired) electrons. The zero-order valence-corrected chi connectivity index (χ0v) is 21.8. The number of hydrogen-bond donors (Lipinski definition) is 0. The number of rotatable bonds is 8. The van der Waals surface area contributed by atoms with E-state index in [1.807, 2.05) is 18.2 Å². The van der Waals surface area contributed by atoms with Gasteiger partial charge in [-0.25, -0.2) is 13.8 Å². The van der Waals surface area contributed by atoms with Gasteiger partial charge in [0.05, 0.1) is 29.7 Å². The number of hydrogen-bond acceptors (Lipinski definition) is 5. The van der Waals surface area contributed by atoms with Crippen molar-refractivity contribution in [2.45, 2.75) is 32.5 Å². The first-order chi connectivity index (χ1) is 19.3. The second-order valence-electron chi connectivity index (χ2n) is 9.47. The summed E-state index contributed by atoms with van der Waals surface area (Å²) in [5.74, 6) is -0.419. The number of nitro groups is 1. The molecule has 40 heavy (non-hydrogen) atoms. The predicted octanol–water partition coefficient (Wildman–Crippen LogP) is 5.19. The normalized spacial score (nSPS) is 12.7. The Kier molecular flexibility index (Phi) is 7.24. The maximum Gasteiger partial charge on any atom is 0.358 e. The van der Waals surface area contributed by atoms with Crippen molar-refractivity contribution in [2.75, 3.05) is 0 Å². The molecular weight excluding hydrogens is 513 g/mol. The minimum Gasteiger partial charge on any atom is -0.279 e. The zero-order chi connectivity index (χ0) is 28.4. The first kappa shape index (κ1) is 26.5. The largest absolute Gasteiger partial charge is 0.358 e.